The molecule has 3 aromatic rings. The van der Waals surface area contributed by atoms with E-state index in [4.69, 9.17) is 11.6 Å². The van der Waals surface area contributed by atoms with Crippen molar-refractivity contribution in [3.63, 3.8) is 0 Å². The van der Waals surface area contributed by atoms with Gasteiger partial charge < -0.3 is 4.90 Å². The molecule has 8 nitrogen and oxygen atoms in total. The summed E-state index contributed by atoms with van der Waals surface area (Å²) in [5.41, 5.74) is 3.80. The normalized spacial score (nSPS) is 17.1. The number of amides is 1. The van der Waals surface area contributed by atoms with E-state index in [-0.39, 0.29) is 11.3 Å². The lowest BCUT2D eigenvalue weighted by molar-refractivity contribution is -0.384. The lowest BCUT2D eigenvalue weighted by atomic mass is 9.93. The van der Waals surface area contributed by atoms with Gasteiger partial charge in [-0.15, -0.1) is 0 Å². The second-order valence-corrected chi connectivity index (χ2v) is 11.4. The number of non-ortho nitro benzene ring substituents is 1. The second kappa shape index (κ2) is 10.1. The van der Waals surface area contributed by atoms with Crippen LogP contribution in [0.2, 0.25) is 5.02 Å². The Morgan fingerprint density at radius 3 is 2.16 bits per heavy atom. The second-order valence-electron chi connectivity index (χ2n) is 9.17. The molecule has 2 heterocycles. The summed E-state index contributed by atoms with van der Waals surface area (Å²) in [7, 11) is -3.90. The summed E-state index contributed by atoms with van der Waals surface area (Å²) in [4.78, 5) is 26.8. The van der Waals surface area contributed by atoms with Crippen LogP contribution in [0.1, 0.15) is 29.5 Å². The zero-order chi connectivity index (χ0) is 27.0. The van der Waals surface area contributed by atoms with Crippen molar-refractivity contribution >= 4 is 55.7 Å². The topological polar surface area (TPSA) is 101 Å². The first-order valence-electron chi connectivity index (χ1n) is 12.0. The van der Waals surface area contributed by atoms with E-state index < -0.39 is 20.9 Å². The standard InChI is InChI=1S/C28H24ClN3O5S/c1-38(36,37)31-25-7-3-2-6-23(25)27(28(31)33)24(19-8-12-21(29)13-9-19)18-26(30-16-4-5-17-30)20-10-14-22(15-11-20)32(34)35/h2-3,6-15,18H,4-5,16-17H2,1H3/b26-18+,27-24-. The maximum absolute atomic E-state index is 13.8. The van der Waals surface area contributed by atoms with Crippen LogP contribution in [0, 0.1) is 10.1 Å². The minimum absolute atomic E-state index is 0.0190. The van der Waals surface area contributed by atoms with Gasteiger partial charge in [-0.25, -0.2) is 12.7 Å². The Labute approximate surface area is 225 Å². The molecule has 2 aliphatic heterocycles. The van der Waals surface area contributed by atoms with E-state index in [1.807, 2.05) is 6.08 Å². The van der Waals surface area contributed by atoms with Gasteiger partial charge in [-0.05, 0) is 65.9 Å². The van der Waals surface area contributed by atoms with E-state index in [9.17, 15) is 23.3 Å². The van der Waals surface area contributed by atoms with E-state index in [1.54, 1.807) is 60.7 Å². The number of halogens is 1. The number of rotatable bonds is 6. The van der Waals surface area contributed by atoms with Crippen LogP contribution >= 0.6 is 11.6 Å². The Hall–Kier alpha value is -3.95. The Kier molecular flexibility index (Phi) is 6.81. The molecular formula is C28H24ClN3O5S. The van der Waals surface area contributed by atoms with Crippen molar-refractivity contribution < 1.29 is 18.1 Å². The number of carbonyl (C=O) groups excluding carboxylic acids is 1. The van der Waals surface area contributed by atoms with E-state index in [0.717, 1.165) is 47.8 Å². The number of carbonyl (C=O) groups is 1. The minimum atomic E-state index is -3.90. The summed E-state index contributed by atoms with van der Waals surface area (Å²) in [5.74, 6) is -0.639. The van der Waals surface area contributed by atoms with E-state index in [1.165, 1.54) is 12.1 Å². The number of likely N-dealkylation sites (tertiary alicyclic amines) is 1. The molecule has 194 valence electrons. The van der Waals surface area contributed by atoms with Gasteiger partial charge in [-0.3, -0.25) is 14.9 Å². The van der Waals surface area contributed by atoms with E-state index in [2.05, 4.69) is 4.90 Å². The number of benzene rings is 3. The van der Waals surface area contributed by atoms with Gasteiger partial charge in [0.25, 0.3) is 11.6 Å². The van der Waals surface area contributed by atoms with Crippen molar-refractivity contribution in [1.82, 2.24) is 4.90 Å². The lowest BCUT2D eigenvalue weighted by Crippen LogP contribution is -2.32. The van der Waals surface area contributed by atoms with Gasteiger partial charge in [0, 0.05) is 41.5 Å². The fourth-order valence-electron chi connectivity index (χ4n) is 4.91. The largest absolute Gasteiger partial charge is 0.371 e. The Bertz CT molecular complexity index is 1590. The van der Waals surface area contributed by atoms with Crippen LogP contribution < -0.4 is 4.31 Å². The molecule has 3 aromatic carbocycles. The molecule has 10 heteroatoms. The van der Waals surface area contributed by atoms with E-state index in [0.29, 0.717) is 27.4 Å². The van der Waals surface area contributed by atoms with Crippen LogP contribution in [0.25, 0.3) is 16.8 Å². The number of allylic oxidation sites excluding steroid dienone is 2. The maximum atomic E-state index is 13.8. The number of nitro benzene ring substituents is 1. The number of fused-ring (bicyclic) bond motifs is 1. The molecule has 0 N–H and O–H groups in total. The van der Waals surface area contributed by atoms with Gasteiger partial charge in [0.05, 0.1) is 22.4 Å². The van der Waals surface area contributed by atoms with Crippen LogP contribution in [-0.4, -0.2) is 43.5 Å². The highest BCUT2D eigenvalue weighted by molar-refractivity contribution is 7.93. The third-order valence-electron chi connectivity index (χ3n) is 6.65. The van der Waals surface area contributed by atoms with Crippen molar-refractivity contribution in [3.05, 3.63) is 111 Å². The van der Waals surface area contributed by atoms with Crippen molar-refractivity contribution in [2.24, 2.45) is 0 Å². The monoisotopic (exact) mass is 549 g/mol. The summed E-state index contributed by atoms with van der Waals surface area (Å²) >= 11 is 6.17. The van der Waals surface area contributed by atoms with Crippen molar-refractivity contribution in [1.29, 1.82) is 0 Å². The van der Waals surface area contributed by atoms with Crippen LogP contribution in [0.5, 0.6) is 0 Å². The average Bonchev–Trinajstić information content (AvgIpc) is 3.51. The van der Waals surface area contributed by atoms with Gasteiger partial charge in [0.2, 0.25) is 10.0 Å². The molecule has 2 aliphatic rings. The van der Waals surface area contributed by atoms with Gasteiger partial charge in [0.15, 0.2) is 0 Å². The first-order chi connectivity index (χ1) is 18.1. The molecule has 0 aliphatic carbocycles. The third-order valence-corrected chi connectivity index (χ3v) is 7.93. The molecule has 38 heavy (non-hydrogen) atoms. The summed E-state index contributed by atoms with van der Waals surface area (Å²) in [6, 6.07) is 20.1. The van der Waals surface area contributed by atoms with Gasteiger partial charge >= 0.3 is 0 Å². The summed E-state index contributed by atoms with van der Waals surface area (Å²) in [6.45, 7) is 1.57. The third kappa shape index (κ3) is 4.82. The summed E-state index contributed by atoms with van der Waals surface area (Å²) < 4.78 is 26.2. The molecule has 0 saturated carbocycles. The number of hydrogen-bond donors (Lipinski definition) is 0. The van der Waals surface area contributed by atoms with Crippen LogP contribution in [-0.2, 0) is 14.8 Å². The molecular weight excluding hydrogens is 526 g/mol. The van der Waals surface area contributed by atoms with Gasteiger partial charge in [-0.2, -0.15) is 0 Å². The molecule has 5 rings (SSSR count). The van der Waals surface area contributed by atoms with Gasteiger partial charge in [0.1, 0.15) is 0 Å². The first kappa shape index (κ1) is 25.7. The van der Waals surface area contributed by atoms with Gasteiger partial charge in [-0.1, -0.05) is 41.9 Å². The van der Waals surface area contributed by atoms with Crippen molar-refractivity contribution in [2.75, 3.05) is 23.7 Å². The fraction of sp³-hybridized carbons (Fsp3) is 0.179. The van der Waals surface area contributed by atoms with Crippen molar-refractivity contribution in [2.45, 2.75) is 12.8 Å². The molecule has 0 radical (unpaired) electrons. The number of anilines is 1. The van der Waals surface area contributed by atoms with Crippen molar-refractivity contribution in [3.8, 4) is 0 Å². The fourth-order valence-corrected chi connectivity index (χ4v) is 5.95. The Morgan fingerprint density at radius 2 is 1.55 bits per heavy atom. The molecule has 1 fully saturated rings. The first-order valence-corrected chi connectivity index (χ1v) is 14.2. The number of sulfonamides is 1. The molecule has 1 saturated heterocycles. The predicted octanol–water partition coefficient (Wildman–Crippen LogP) is 5.60. The number of para-hydroxylation sites is 1. The van der Waals surface area contributed by atoms with Crippen LogP contribution in [0.4, 0.5) is 11.4 Å². The van der Waals surface area contributed by atoms with Crippen LogP contribution in [0.3, 0.4) is 0 Å². The quantitative estimate of drug-likeness (QED) is 0.225. The predicted molar refractivity (Wildman–Crippen MR) is 149 cm³/mol. The molecule has 0 unspecified atom stereocenters. The zero-order valence-corrected chi connectivity index (χ0v) is 22.1. The SMILES string of the molecule is CS(=O)(=O)N1C(=O)/C(=C(/C=C(\c2ccc([N+](=O)[O-])cc2)N2CCCC2)c2ccc(Cl)cc2)c2ccccc21. The van der Waals surface area contributed by atoms with E-state index >= 15 is 0 Å². The Balaban J connectivity index is 1.80. The number of nitro groups is 1. The number of hydrogen-bond acceptors (Lipinski definition) is 6. The van der Waals surface area contributed by atoms with Crippen LogP contribution in [0.15, 0.2) is 78.9 Å². The zero-order valence-electron chi connectivity index (χ0n) is 20.5. The Morgan fingerprint density at radius 1 is 0.947 bits per heavy atom. The maximum Gasteiger partial charge on any atom is 0.273 e. The average molecular weight is 550 g/mol. The highest BCUT2D eigenvalue weighted by Crippen LogP contribution is 2.43. The molecule has 1 amide bonds. The smallest absolute Gasteiger partial charge is 0.273 e. The summed E-state index contributed by atoms with van der Waals surface area (Å²) in [5, 5.41) is 11.8. The molecule has 0 bridgehead atoms. The molecule has 0 atom stereocenters. The number of nitrogens with zero attached hydrogens (tertiary/aromatic N) is 3. The molecule has 0 aromatic heterocycles. The summed E-state index contributed by atoms with van der Waals surface area (Å²) in [6.07, 6.45) is 4.86. The highest BCUT2D eigenvalue weighted by Gasteiger charge is 2.39. The highest BCUT2D eigenvalue weighted by atomic mass is 35.5. The molecule has 0 spiro atoms. The minimum Gasteiger partial charge on any atom is -0.371 e. The lowest BCUT2D eigenvalue weighted by Gasteiger charge is -2.23.